The van der Waals surface area contributed by atoms with Gasteiger partial charge in [-0.15, -0.1) is 0 Å². The summed E-state index contributed by atoms with van der Waals surface area (Å²) < 4.78 is 33.0. The predicted octanol–water partition coefficient (Wildman–Crippen LogP) is 1.51. The van der Waals surface area contributed by atoms with Crippen LogP contribution in [0.3, 0.4) is 0 Å². The number of anilines is 1. The van der Waals surface area contributed by atoms with E-state index >= 15 is 0 Å². The van der Waals surface area contributed by atoms with Gasteiger partial charge in [-0.2, -0.15) is 0 Å². The first-order chi connectivity index (χ1) is 9.33. The monoisotopic (exact) mass is 298 g/mol. The minimum Gasteiger partial charge on any atom is -0.398 e. The van der Waals surface area contributed by atoms with E-state index in [4.69, 9.17) is 10.5 Å². The molecule has 0 saturated carbocycles. The van der Waals surface area contributed by atoms with Crippen molar-refractivity contribution in [2.75, 3.05) is 25.5 Å². The number of hydrogen-bond acceptors (Lipinski definition) is 4. The molecule has 0 amide bonds. The SMILES string of the molecule is Cc1cc(N)c(C)c(S(=O)(=O)NCC2CCOC2)c1C. The van der Waals surface area contributed by atoms with Crippen LogP contribution >= 0.6 is 0 Å². The summed E-state index contributed by atoms with van der Waals surface area (Å²) in [6.45, 7) is 7.17. The van der Waals surface area contributed by atoms with E-state index in [2.05, 4.69) is 4.72 Å². The van der Waals surface area contributed by atoms with Gasteiger partial charge in [0.2, 0.25) is 10.0 Å². The van der Waals surface area contributed by atoms with Crippen LogP contribution in [0.5, 0.6) is 0 Å². The van der Waals surface area contributed by atoms with Gasteiger partial charge in [0.1, 0.15) is 0 Å². The average molecular weight is 298 g/mol. The van der Waals surface area contributed by atoms with E-state index < -0.39 is 10.0 Å². The summed E-state index contributed by atoms with van der Waals surface area (Å²) in [6.07, 6.45) is 0.899. The molecule has 0 radical (unpaired) electrons. The minimum absolute atomic E-state index is 0.257. The molecule has 20 heavy (non-hydrogen) atoms. The predicted molar refractivity (Wildman–Crippen MR) is 79.2 cm³/mol. The Balaban J connectivity index is 2.29. The Morgan fingerprint density at radius 1 is 1.35 bits per heavy atom. The van der Waals surface area contributed by atoms with Crippen LogP contribution in [0.15, 0.2) is 11.0 Å². The summed E-state index contributed by atoms with van der Waals surface area (Å²) in [5, 5.41) is 0. The Labute approximate surface area is 120 Å². The van der Waals surface area contributed by atoms with Crippen molar-refractivity contribution in [2.45, 2.75) is 32.1 Å². The lowest BCUT2D eigenvalue weighted by molar-refractivity contribution is 0.186. The Bertz CT molecular complexity index is 579. The molecule has 0 aromatic heterocycles. The molecule has 0 bridgehead atoms. The number of nitrogen functional groups attached to an aromatic ring is 1. The van der Waals surface area contributed by atoms with Crippen molar-refractivity contribution >= 4 is 15.7 Å². The molecule has 1 fully saturated rings. The lowest BCUT2D eigenvalue weighted by Crippen LogP contribution is -2.31. The van der Waals surface area contributed by atoms with Crippen LogP contribution in [0.1, 0.15) is 23.1 Å². The van der Waals surface area contributed by atoms with E-state index in [1.165, 1.54) is 0 Å². The van der Waals surface area contributed by atoms with E-state index in [1.807, 2.05) is 19.9 Å². The number of hydrogen-bond donors (Lipinski definition) is 2. The number of aryl methyl sites for hydroxylation is 1. The van der Waals surface area contributed by atoms with E-state index in [9.17, 15) is 8.42 Å². The Morgan fingerprint density at radius 3 is 2.65 bits per heavy atom. The first-order valence-corrected chi connectivity index (χ1v) is 8.25. The van der Waals surface area contributed by atoms with Crippen molar-refractivity contribution in [2.24, 2.45) is 5.92 Å². The summed E-state index contributed by atoms with van der Waals surface area (Å²) in [5.41, 5.74) is 8.66. The fraction of sp³-hybridized carbons (Fsp3) is 0.571. The van der Waals surface area contributed by atoms with Gasteiger partial charge in [0, 0.05) is 18.8 Å². The molecular weight excluding hydrogens is 276 g/mol. The lowest BCUT2D eigenvalue weighted by atomic mass is 10.1. The van der Waals surface area contributed by atoms with Crippen molar-refractivity contribution in [3.8, 4) is 0 Å². The van der Waals surface area contributed by atoms with Gasteiger partial charge in [-0.1, -0.05) is 0 Å². The van der Waals surface area contributed by atoms with Gasteiger partial charge in [-0.25, -0.2) is 13.1 Å². The molecule has 0 spiro atoms. The van der Waals surface area contributed by atoms with Crippen molar-refractivity contribution in [1.82, 2.24) is 4.72 Å². The highest BCUT2D eigenvalue weighted by Gasteiger charge is 2.24. The molecular formula is C14H22N2O3S. The maximum atomic E-state index is 12.5. The number of benzene rings is 1. The maximum Gasteiger partial charge on any atom is 0.241 e. The van der Waals surface area contributed by atoms with E-state index in [-0.39, 0.29) is 5.92 Å². The van der Waals surface area contributed by atoms with Gasteiger partial charge in [0.25, 0.3) is 0 Å². The van der Waals surface area contributed by atoms with Gasteiger partial charge >= 0.3 is 0 Å². The molecule has 2 rings (SSSR count). The molecule has 1 aliphatic heterocycles. The van der Waals surface area contributed by atoms with Crippen molar-refractivity contribution in [1.29, 1.82) is 0 Å². The number of nitrogens with two attached hydrogens (primary N) is 1. The second kappa shape index (κ2) is 5.71. The summed E-state index contributed by atoms with van der Waals surface area (Å²) in [7, 11) is -3.54. The van der Waals surface area contributed by atoms with Crippen LogP contribution in [0.2, 0.25) is 0 Å². The number of ether oxygens (including phenoxy) is 1. The van der Waals surface area contributed by atoms with Crippen molar-refractivity contribution in [3.05, 3.63) is 22.8 Å². The van der Waals surface area contributed by atoms with Crippen LogP contribution in [-0.4, -0.2) is 28.2 Å². The zero-order valence-electron chi connectivity index (χ0n) is 12.2. The van der Waals surface area contributed by atoms with Gasteiger partial charge in [-0.3, -0.25) is 0 Å². The molecule has 6 heteroatoms. The quantitative estimate of drug-likeness (QED) is 0.826. The molecule has 112 valence electrons. The first-order valence-electron chi connectivity index (χ1n) is 6.76. The number of rotatable bonds is 4. The van der Waals surface area contributed by atoms with Crippen molar-refractivity contribution in [3.63, 3.8) is 0 Å². The molecule has 1 unspecified atom stereocenters. The fourth-order valence-corrected chi connectivity index (χ4v) is 4.17. The largest absolute Gasteiger partial charge is 0.398 e. The third-order valence-corrected chi connectivity index (χ3v) is 5.63. The zero-order valence-corrected chi connectivity index (χ0v) is 13.0. The number of sulfonamides is 1. The Hall–Kier alpha value is -1.11. The first kappa shape index (κ1) is 15.3. The van der Waals surface area contributed by atoms with Gasteiger partial charge in [0.15, 0.2) is 0 Å². The smallest absolute Gasteiger partial charge is 0.241 e. The molecule has 1 aromatic carbocycles. The summed E-state index contributed by atoms with van der Waals surface area (Å²) >= 11 is 0. The standard InChI is InChI=1S/C14H22N2O3S/c1-9-6-13(15)11(3)14(10(9)2)20(17,18)16-7-12-4-5-19-8-12/h6,12,16H,4-5,7-8,15H2,1-3H3. The fourth-order valence-electron chi connectivity index (χ4n) is 2.49. The average Bonchev–Trinajstić information content (AvgIpc) is 2.87. The van der Waals surface area contributed by atoms with Crippen LogP contribution < -0.4 is 10.5 Å². The van der Waals surface area contributed by atoms with Gasteiger partial charge < -0.3 is 10.5 Å². The van der Waals surface area contributed by atoms with Crippen molar-refractivity contribution < 1.29 is 13.2 Å². The maximum absolute atomic E-state index is 12.5. The topological polar surface area (TPSA) is 81.4 Å². The molecule has 5 nitrogen and oxygen atoms in total. The zero-order chi connectivity index (χ0) is 14.9. The summed E-state index contributed by atoms with van der Waals surface area (Å²) in [4.78, 5) is 0.314. The highest BCUT2D eigenvalue weighted by atomic mass is 32.2. The van der Waals surface area contributed by atoms with Crippen LogP contribution in [0.4, 0.5) is 5.69 Å². The highest BCUT2D eigenvalue weighted by Crippen LogP contribution is 2.27. The van der Waals surface area contributed by atoms with E-state index in [1.54, 1.807) is 6.92 Å². The number of nitrogens with one attached hydrogen (secondary N) is 1. The summed E-state index contributed by atoms with van der Waals surface area (Å²) in [5.74, 6) is 0.257. The molecule has 1 aromatic rings. The second-order valence-corrected chi connectivity index (χ2v) is 7.15. The van der Waals surface area contributed by atoms with E-state index in [0.717, 1.165) is 17.5 Å². The normalized spacial score (nSPS) is 19.4. The Kier molecular flexibility index (Phi) is 4.36. The van der Waals surface area contributed by atoms with Crippen LogP contribution in [0.25, 0.3) is 0 Å². The molecule has 1 atom stereocenters. The molecule has 1 heterocycles. The third kappa shape index (κ3) is 2.97. The highest BCUT2D eigenvalue weighted by molar-refractivity contribution is 7.89. The molecule has 1 saturated heterocycles. The molecule has 3 N–H and O–H groups in total. The van der Waals surface area contributed by atoms with E-state index in [0.29, 0.717) is 35.9 Å². The third-order valence-electron chi connectivity index (χ3n) is 3.93. The van der Waals surface area contributed by atoms with Gasteiger partial charge in [0.05, 0.1) is 11.5 Å². The Morgan fingerprint density at radius 2 is 2.05 bits per heavy atom. The second-order valence-electron chi connectivity index (χ2n) is 5.44. The van der Waals surface area contributed by atoms with Crippen LogP contribution in [0, 0.1) is 26.7 Å². The van der Waals surface area contributed by atoms with Crippen LogP contribution in [-0.2, 0) is 14.8 Å². The minimum atomic E-state index is -3.54. The summed E-state index contributed by atoms with van der Waals surface area (Å²) in [6, 6.07) is 1.81. The van der Waals surface area contributed by atoms with Gasteiger partial charge in [-0.05, 0) is 55.9 Å². The molecule has 1 aliphatic rings. The molecule has 0 aliphatic carbocycles. The lowest BCUT2D eigenvalue weighted by Gasteiger charge is -2.17.